The minimum atomic E-state index is -0.629. The third-order valence-electron chi connectivity index (χ3n) is 6.31. The van der Waals surface area contributed by atoms with Gasteiger partial charge in [-0.2, -0.15) is 0 Å². The minimum Gasteiger partial charge on any atom is -0.369 e. The van der Waals surface area contributed by atoms with E-state index in [1.807, 2.05) is 30.3 Å². The average Bonchev–Trinajstić information content (AvgIpc) is 2.87. The monoisotopic (exact) mass is 495 g/mol. The highest BCUT2D eigenvalue weighted by molar-refractivity contribution is 6.30. The molecule has 0 unspecified atom stereocenters. The summed E-state index contributed by atoms with van der Waals surface area (Å²) in [5, 5.41) is 3.68. The Morgan fingerprint density at radius 1 is 0.943 bits per heavy atom. The lowest BCUT2D eigenvalue weighted by Gasteiger charge is -2.36. The molecule has 0 radical (unpaired) electrons. The molecule has 3 aromatic rings. The second-order valence-electron chi connectivity index (χ2n) is 8.56. The van der Waals surface area contributed by atoms with E-state index in [2.05, 4.69) is 27.8 Å². The molecular formula is C26H30ClN5O3. The Hall–Kier alpha value is -3.36. The average molecular weight is 496 g/mol. The smallest absolute Gasteiger partial charge is 0.317 e. The second kappa shape index (κ2) is 11.4. The van der Waals surface area contributed by atoms with Crippen LogP contribution in [0, 0.1) is 0 Å². The van der Waals surface area contributed by atoms with Crippen molar-refractivity contribution in [2.24, 2.45) is 0 Å². The number of nitrogens with one attached hydrogen (secondary N) is 1. The highest BCUT2D eigenvalue weighted by Crippen LogP contribution is 2.20. The van der Waals surface area contributed by atoms with Gasteiger partial charge in [0.1, 0.15) is 0 Å². The summed E-state index contributed by atoms with van der Waals surface area (Å²) in [4.78, 5) is 42.4. The molecule has 0 aliphatic carbocycles. The third-order valence-corrected chi connectivity index (χ3v) is 6.54. The number of carbonyl (C=O) groups excluding carboxylic acids is 1. The number of aryl methyl sites for hydroxylation is 1. The molecule has 1 fully saturated rings. The maximum atomic E-state index is 12.7. The normalized spacial score (nSPS) is 14.3. The van der Waals surface area contributed by atoms with E-state index in [4.69, 9.17) is 11.6 Å². The van der Waals surface area contributed by atoms with E-state index >= 15 is 0 Å². The first kappa shape index (κ1) is 24.8. The van der Waals surface area contributed by atoms with E-state index in [0.29, 0.717) is 17.6 Å². The first-order chi connectivity index (χ1) is 17.0. The zero-order valence-corrected chi connectivity index (χ0v) is 20.4. The summed E-state index contributed by atoms with van der Waals surface area (Å²) in [6.45, 7) is 8.98. The topological polar surface area (TPSA) is 79.6 Å². The van der Waals surface area contributed by atoms with Crippen molar-refractivity contribution in [1.82, 2.24) is 19.4 Å². The summed E-state index contributed by atoms with van der Waals surface area (Å²) in [5.74, 6) is -0.145. The van der Waals surface area contributed by atoms with E-state index < -0.39 is 11.1 Å². The van der Waals surface area contributed by atoms with Gasteiger partial charge in [-0.1, -0.05) is 35.9 Å². The van der Waals surface area contributed by atoms with E-state index in [9.17, 15) is 14.4 Å². The highest BCUT2D eigenvalue weighted by atomic mass is 35.5. The number of benzene rings is 2. The standard InChI is InChI=1S/C26H30ClN5O3/c1-2-12-31-22-8-3-4-9-23(22)32(26(35)25(31)34)13-10-24(33)28-11-14-29-15-17-30(18-16-29)21-7-5-6-20(27)19-21/h2-9,19H,1,10-18H2,(H,28,33). The molecule has 1 aliphatic rings. The quantitative estimate of drug-likeness (QED) is 0.364. The van der Waals surface area contributed by atoms with Crippen LogP contribution in [0.2, 0.25) is 5.02 Å². The van der Waals surface area contributed by atoms with Crippen LogP contribution in [0.15, 0.2) is 70.8 Å². The van der Waals surface area contributed by atoms with Gasteiger partial charge in [0, 0.05) is 69.5 Å². The zero-order valence-electron chi connectivity index (χ0n) is 19.7. The van der Waals surface area contributed by atoms with Crippen molar-refractivity contribution in [3.63, 3.8) is 0 Å². The number of allylic oxidation sites excluding steroid dienone is 1. The lowest BCUT2D eigenvalue weighted by Crippen LogP contribution is -2.48. The molecule has 1 amide bonds. The molecule has 2 aromatic carbocycles. The van der Waals surface area contributed by atoms with Crippen molar-refractivity contribution >= 4 is 34.2 Å². The fourth-order valence-electron chi connectivity index (χ4n) is 4.46. The molecule has 0 spiro atoms. The molecule has 8 nitrogen and oxygen atoms in total. The largest absolute Gasteiger partial charge is 0.369 e. The fraction of sp³-hybridized carbons (Fsp3) is 0.346. The van der Waals surface area contributed by atoms with Crippen molar-refractivity contribution in [2.45, 2.75) is 19.5 Å². The van der Waals surface area contributed by atoms with Crippen LogP contribution in [-0.2, 0) is 17.9 Å². The summed E-state index contributed by atoms with van der Waals surface area (Å²) in [6, 6.07) is 15.1. The Bertz CT molecular complexity index is 1320. The summed E-state index contributed by atoms with van der Waals surface area (Å²) in [6.07, 6.45) is 1.71. The number of carbonyl (C=O) groups is 1. The Morgan fingerprint density at radius 2 is 1.63 bits per heavy atom. The van der Waals surface area contributed by atoms with E-state index in [-0.39, 0.29) is 25.4 Å². The van der Waals surface area contributed by atoms with Crippen LogP contribution in [0.5, 0.6) is 0 Å². The summed E-state index contributed by atoms with van der Waals surface area (Å²) in [5.41, 5.74) is 1.17. The number of halogens is 1. The molecule has 1 N–H and O–H groups in total. The number of hydrogen-bond donors (Lipinski definition) is 1. The molecule has 0 atom stereocenters. The van der Waals surface area contributed by atoms with Crippen LogP contribution in [0.4, 0.5) is 5.69 Å². The Morgan fingerprint density at radius 3 is 2.31 bits per heavy atom. The molecule has 0 saturated carbocycles. The van der Waals surface area contributed by atoms with Crippen molar-refractivity contribution in [3.05, 3.63) is 86.9 Å². The van der Waals surface area contributed by atoms with Gasteiger partial charge in [-0.15, -0.1) is 6.58 Å². The van der Waals surface area contributed by atoms with E-state index in [1.165, 1.54) is 9.13 Å². The van der Waals surface area contributed by atoms with Crippen molar-refractivity contribution < 1.29 is 4.79 Å². The van der Waals surface area contributed by atoms with Crippen molar-refractivity contribution in [1.29, 1.82) is 0 Å². The molecule has 184 valence electrons. The number of piperazine rings is 1. The predicted molar refractivity (Wildman–Crippen MR) is 140 cm³/mol. The third kappa shape index (κ3) is 5.83. The highest BCUT2D eigenvalue weighted by Gasteiger charge is 2.18. The molecule has 1 aliphatic heterocycles. The first-order valence-corrected chi connectivity index (χ1v) is 12.2. The number of aromatic nitrogens is 2. The Kier molecular flexibility index (Phi) is 8.05. The number of para-hydroxylation sites is 2. The van der Waals surface area contributed by atoms with Gasteiger partial charge in [-0.3, -0.25) is 23.9 Å². The minimum absolute atomic E-state index is 0.122. The Labute approximate surface area is 209 Å². The SMILES string of the molecule is C=CCn1c(=O)c(=O)n(CCC(=O)NCCN2CCN(c3cccc(Cl)c3)CC2)c2ccccc21. The maximum Gasteiger partial charge on any atom is 0.317 e. The van der Waals surface area contributed by atoms with Gasteiger partial charge in [-0.05, 0) is 30.3 Å². The second-order valence-corrected chi connectivity index (χ2v) is 8.99. The number of hydrogen-bond acceptors (Lipinski definition) is 5. The molecular weight excluding hydrogens is 466 g/mol. The molecule has 0 bridgehead atoms. The molecule has 2 heterocycles. The number of fused-ring (bicyclic) bond motifs is 1. The van der Waals surface area contributed by atoms with Gasteiger partial charge in [0.05, 0.1) is 11.0 Å². The van der Waals surface area contributed by atoms with E-state index in [1.54, 1.807) is 18.2 Å². The molecule has 1 saturated heterocycles. The van der Waals surface area contributed by atoms with Gasteiger partial charge in [0.2, 0.25) is 5.91 Å². The van der Waals surface area contributed by atoms with Crippen LogP contribution >= 0.6 is 11.6 Å². The van der Waals surface area contributed by atoms with Crippen molar-refractivity contribution in [3.8, 4) is 0 Å². The fourth-order valence-corrected chi connectivity index (χ4v) is 4.64. The summed E-state index contributed by atoms with van der Waals surface area (Å²) >= 11 is 6.10. The van der Waals surface area contributed by atoms with Crippen molar-refractivity contribution in [2.75, 3.05) is 44.2 Å². The summed E-state index contributed by atoms with van der Waals surface area (Å²) in [7, 11) is 0. The lowest BCUT2D eigenvalue weighted by atomic mass is 10.2. The van der Waals surface area contributed by atoms with Crippen LogP contribution in [0.1, 0.15) is 6.42 Å². The van der Waals surface area contributed by atoms with Crippen LogP contribution in [0.3, 0.4) is 0 Å². The van der Waals surface area contributed by atoms with Crippen LogP contribution in [0.25, 0.3) is 11.0 Å². The number of anilines is 1. The number of nitrogens with zero attached hydrogens (tertiary/aromatic N) is 4. The number of amides is 1. The first-order valence-electron chi connectivity index (χ1n) is 11.8. The number of rotatable bonds is 9. The summed E-state index contributed by atoms with van der Waals surface area (Å²) < 4.78 is 2.80. The van der Waals surface area contributed by atoms with Gasteiger partial charge in [0.25, 0.3) is 0 Å². The lowest BCUT2D eigenvalue weighted by molar-refractivity contribution is -0.121. The molecule has 4 rings (SSSR count). The molecule has 35 heavy (non-hydrogen) atoms. The van der Waals surface area contributed by atoms with Crippen LogP contribution < -0.4 is 21.3 Å². The van der Waals surface area contributed by atoms with Gasteiger partial charge in [-0.25, -0.2) is 0 Å². The van der Waals surface area contributed by atoms with Gasteiger partial charge < -0.3 is 14.8 Å². The van der Waals surface area contributed by atoms with Gasteiger partial charge in [0.15, 0.2) is 0 Å². The Balaban J connectivity index is 1.28. The van der Waals surface area contributed by atoms with Gasteiger partial charge >= 0.3 is 11.1 Å². The predicted octanol–water partition coefficient (Wildman–Crippen LogP) is 2.33. The molecule has 9 heteroatoms. The van der Waals surface area contributed by atoms with E-state index in [0.717, 1.165) is 43.4 Å². The maximum absolute atomic E-state index is 12.7. The van der Waals surface area contributed by atoms with Crippen LogP contribution in [-0.4, -0.2) is 59.2 Å². The zero-order chi connectivity index (χ0) is 24.8. The molecule has 1 aromatic heterocycles.